The quantitative estimate of drug-likeness (QED) is 0.319. The van der Waals surface area contributed by atoms with Gasteiger partial charge >= 0.3 is 0 Å². The van der Waals surface area contributed by atoms with Crippen molar-refractivity contribution in [3.63, 3.8) is 0 Å². The van der Waals surface area contributed by atoms with Crippen molar-refractivity contribution in [2.45, 2.75) is 65.2 Å². The van der Waals surface area contributed by atoms with Crippen LogP contribution in [0, 0.1) is 0 Å². The first-order valence-corrected chi connectivity index (χ1v) is 11.3. The Morgan fingerprint density at radius 1 is 0.690 bits per heavy atom. The third kappa shape index (κ3) is 6.14. The molecule has 0 unspecified atom stereocenters. The van der Waals surface area contributed by atoms with Crippen LogP contribution in [0.4, 0.5) is 0 Å². The Kier molecular flexibility index (Phi) is 8.25. The molecule has 0 spiro atoms. The molecular formula is C26H31ClN2. The van der Waals surface area contributed by atoms with E-state index in [0.29, 0.717) is 5.82 Å². The smallest absolute Gasteiger partial charge is 0.159 e. The SMILES string of the molecule is CCCCCc1ccc(-c2cnc(-c3ccc(CCCCC)c(Cl)c3)nc2)cc1. The van der Waals surface area contributed by atoms with Crippen molar-refractivity contribution in [2.75, 3.05) is 0 Å². The molecule has 0 N–H and O–H groups in total. The molecule has 1 aromatic heterocycles. The molecule has 152 valence electrons. The molecule has 2 aromatic carbocycles. The maximum Gasteiger partial charge on any atom is 0.159 e. The zero-order valence-corrected chi connectivity index (χ0v) is 18.4. The topological polar surface area (TPSA) is 25.8 Å². The van der Waals surface area contributed by atoms with Gasteiger partial charge in [0.15, 0.2) is 5.82 Å². The monoisotopic (exact) mass is 406 g/mol. The molecule has 0 bridgehead atoms. The average molecular weight is 407 g/mol. The molecule has 1 heterocycles. The normalized spacial score (nSPS) is 11.0. The molecule has 0 amide bonds. The summed E-state index contributed by atoms with van der Waals surface area (Å²) in [7, 11) is 0. The molecule has 2 nitrogen and oxygen atoms in total. The van der Waals surface area contributed by atoms with Crippen LogP contribution < -0.4 is 0 Å². The lowest BCUT2D eigenvalue weighted by Gasteiger charge is -2.08. The highest BCUT2D eigenvalue weighted by molar-refractivity contribution is 6.31. The summed E-state index contributed by atoms with van der Waals surface area (Å²) in [4.78, 5) is 9.17. The van der Waals surface area contributed by atoms with E-state index in [0.717, 1.165) is 34.6 Å². The fraction of sp³-hybridized carbons (Fsp3) is 0.385. The second-order valence-electron chi connectivity index (χ2n) is 7.71. The van der Waals surface area contributed by atoms with E-state index >= 15 is 0 Å². The lowest BCUT2D eigenvalue weighted by atomic mass is 10.0. The van der Waals surface area contributed by atoms with E-state index in [4.69, 9.17) is 11.6 Å². The predicted octanol–water partition coefficient (Wildman–Crippen LogP) is 7.93. The van der Waals surface area contributed by atoms with Crippen molar-refractivity contribution in [3.05, 3.63) is 71.0 Å². The van der Waals surface area contributed by atoms with Crippen molar-refractivity contribution in [1.29, 1.82) is 0 Å². The second kappa shape index (κ2) is 11.1. The van der Waals surface area contributed by atoms with Gasteiger partial charge < -0.3 is 0 Å². The van der Waals surface area contributed by atoms with Crippen LogP contribution in [0.15, 0.2) is 54.9 Å². The first-order chi connectivity index (χ1) is 14.2. The Hall–Kier alpha value is -2.19. The lowest BCUT2D eigenvalue weighted by Crippen LogP contribution is -1.93. The van der Waals surface area contributed by atoms with E-state index in [1.54, 1.807) is 0 Å². The molecule has 0 atom stereocenters. The summed E-state index contributed by atoms with van der Waals surface area (Å²) in [6, 6.07) is 15.0. The minimum absolute atomic E-state index is 0.715. The first kappa shape index (κ1) is 21.5. The van der Waals surface area contributed by atoms with Crippen LogP contribution in [0.5, 0.6) is 0 Å². The van der Waals surface area contributed by atoms with Crippen LogP contribution in [0.25, 0.3) is 22.5 Å². The van der Waals surface area contributed by atoms with E-state index in [-0.39, 0.29) is 0 Å². The average Bonchev–Trinajstić information content (AvgIpc) is 2.76. The zero-order valence-electron chi connectivity index (χ0n) is 17.6. The molecule has 0 aliphatic heterocycles. The van der Waals surface area contributed by atoms with E-state index in [1.807, 2.05) is 18.5 Å². The third-order valence-corrected chi connectivity index (χ3v) is 5.72. The van der Waals surface area contributed by atoms with Gasteiger partial charge in [0, 0.05) is 28.5 Å². The Bertz CT molecular complexity index is 886. The Balaban J connectivity index is 1.67. The van der Waals surface area contributed by atoms with Gasteiger partial charge in [-0.3, -0.25) is 0 Å². The summed E-state index contributed by atoms with van der Waals surface area (Å²) in [5.74, 6) is 0.715. The molecule has 3 rings (SSSR count). The number of rotatable bonds is 10. The molecule has 29 heavy (non-hydrogen) atoms. The number of aryl methyl sites for hydroxylation is 2. The predicted molar refractivity (Wildman–Crippen MR) is 124 cm³/mol. The number of hydrogen-bond donors (Lipinski definition) is 0. The summed E-state index contributed by atoms with van der Waals surface area (Å²) in [5, 5.41) is 0.810. The van der Waals surface area contributed by atoms with Gasteiger partial charge in [-0.05, 0) is 48.4 Å². The van der Waals surface area contributed by atoms with E-state index in [2.05, 4.69) is 60.2 Å². The van der Waals surface area contributed by atoms with Crippen molar-refractivity contribution < 1.29 is 0 Å². The maximum absolute atomic E-state index is 6.49. The molecule has 0 fully saturated rings. The van der Waals surface area contributed by atoms with E-state index in [1.165, 1.54) is 49.7 Å². The number of hydrogen-bond acceptors (Lipinski definition) is 2. The highest BCUT2D eigenvalue weighted by Gasteiger charge is 2.07. The van der Waals surface area contributed by atoms with Gasteiger partial charge in [0.05, 0.1) is 0 Å². The third-order valence-electron chi connectivity index (χ3n) is 5.37. The van der Waals surface area contributed by atoms with Gasteiger partial charge in [-0.1, -0.05) is 87.5 Å². The highest BCUT2D eigenvalue weighted by atomic mass is 35.5. The molecule has 0 saturated carbocycles. The first-order valence-electron chi connectivity index (χ1n) is 10.9. The van der Waals surface area contributed by atoms with Crippen molar-refractivity contribution in [2.24, 2.45) is 0 Å². The summed E-state index contributed by atoms with van der Waals surface area (Å²) < 4.78 is 0. The molecule has 3 aromatic rings. The van der Waals surface area contributed by atoms with Crippen LogP contribution in [-0.2, 0) is 12.8 Å². The fourth-order valence-electron chi connectivity index (χ4n) is 3.52. The largest absolute Gasteiger partial charge is 0.236 e. The van der Waals surface area contributed by atoms with Crippen molar-refractivity contribution in [3.8, 4) is 22.5 Å². The van der Waals surface area contributed by atoms with Crippen LogP contribution in [0.2, 0.25) is 5.02 Å². The molecule has 0 aliphatic carbocycles. The Morgan fingerprint density at radius 3 is 1.93 bits per heavy atom. The van der Waals surface area contributed by atoms with Gasteiger partial charge in [-0.2, -0.15) is 0 Å². The molecule has 0 radical (unpaired) electrons. The number of benzene rings is 2. The van der Waals surface area contributed by atoms with E-state index in [9.17, 15) is 0 Å². The van der Waals surface area contributed by atoms with Crippen molar-refractivity contribution >= 4 is 11.6 Å². The van der Waals surface area contributed by atoms with Crippen LogP contribution in [-0.4, -0.2) is 9.97 Å². The van der Waals surface area contributed by atoms with Gasteiger partial charge in [0.2, 0.25) is 0 Å². The van der Waals surface area contributed by atoms with Crippen molar-refractivity contribution in [1.82, 2.24) is 9.97 Å². The van der Waals surface area contributed by atoms with Gasteiger partial charge in [-0.15, -0.1) is 0 Å². The lowest BCUT2D eigenvalue weighted by molar-refractivity contribution is 0.717. The highest BCUT2D eigenvalue weighted by Crippen LogP contribution is 2.26. The number of nitrogens with zero attached hydrogens (tertiary/aromatic N) is 2. The number of aromatic nitrogens is 2. The van der Waals surface area contributed by atoms with Gasteiger partial charge in [-0.25, -0.2) is 9.97 Å². The number of unbranched alkanes of at least 4 members (excludes halogenated alkanes) is 4. The summed E-state index contributed by atoms with van der Waals surface area (Å²) in [6.45, 7) is 4.45. The van der Waals surface area contributed by atoms with Crippen LogP contribution in [0.1, 0.15) is 63.5 Å². The summed E-state index contributed by atoms with van der Waals surface area (Å²) in [5.41, 5.74) is 5.76. The van der Waals surface area contributed by atoms with Crippen LogP contribution >= 0.6 is 11.6 Å². The molecule has 0 saturated heterocycles. The number of halogens is 1. The van der Waals surface area contributed by atoms with E-state index < -0.39 is 0 Å². The standard InChI is InChI=1S/C26H31ClN2/c1-3-5-7-9-20-11-13-21(14-12-20)24-18-28-26(29-19-24)23-16-15-22(25(27)17-23)10-8-6-4-2/h11-19H,3-10H2,1-2H3. The minimum atomic E-state index is 0.715. The van der Waals surface area contributed by atoms with Crippen LogP contribution in [0.3, 0.4) is 0 Å². The Labute approximate surface area is 180 Å². The van der Waals surface area contributed by atoms with Gasteiger partial charge in [0.25, 0.3) is 0 Å². The molecule has 3 heteroatoms. The van der Waals surface area contributed by atoms with Gasteiger partial charge in [0.1, 0.15) is 0 Å². The summed E-state index contributed by atoms with van der Waals surface area (Å²) in [6.07, 6.45) is 13.4. The fourth-order valence-corrected chi connectivity index (χ4v) is 3.80. The molecule has 0 aliphatic rings. The second-order valence-corrected chi connectivity index (χ2v) is 8.12. The molecular weight excluding hydrogens is 376 g/mol. The zero-order chi connectivity index (χ0) is 20.5. The maximum atomic E-state index is 6.49. The summed E-state index contributed by atoms with van der Waals surface area (Å²) >= 11 is 6.49. The Morgan fingerprint density at radius 2 is 1.31 bits per heavy atom. The minimum Gasteiger partial charge on any atom is -0.236 e.